The lowest BCUT2D eigenvalue weighted by Gasteiger charge is -2.00. The Kier molecular flexibility index (Phi) is 1.63. The Labute approximate surface area is 92.2 Å². The molecule has 0 bridgehead atoms. The Morgan fingerprint density at radius 2 is 1.25 bits per heavy atom. The van der Waals surface area contributed by atoms with Gasteiger partial charge in [-0.05, 0) is 22.9 Å². The number of carbonyl (C=O) groups is 2. The Hall–Kier alpha value is -2.22. The van der Waals surface area contributed by atoms with E-state index in [2.05, 4.69) is 6.58 Å². The van der Waals surface area contributed by atoms with Crippen LogP contribution in [0.1, 0.15) is 20.7 Å². The van der Waals surface area contributed by atoms with Gasteiger partial charge in [-0.1, -0.05) is 30.8 Å². The van der Waals surface area contributed by atoms with Crippen molar-refractivity contribution in [2.45, 2.75) is 0 Å². The van der Waals surface area contributed by atoms with E-state index in [0.717, 1.165) is 10.8 Å². The van der Waals surface area contributed by atoms with E-state index in [1.54, 1.807) is 12.1 Å². The predicted octanol–water partition coefficient (Wildman–Crippen LogP) is 2.78. The molecule has 0 amide bonds. The van der Waals surface area contributed by atoms with Crippen LogP contribution in [0.3, 0.4) is 0 Å². The molecule has 16 heavy (non-hydrogen) atoms. The third-order valence-corrected chi connectivity index (χ3v) is 2.92. The van der Waals surface area contributed by atoms with Gasteiger partial charge >= 0.3 is 0 Å². The van der Waals surface area contributed by atoms with Gasteiger partial charge in [0, 0.05) is 11.1 Å². The van der Waals surface area contributed by atoms with E-state index < -0.39 is 0 Å². The molecule has 0 unspecified atom stereocenters. The van der Waals surface area contributed by atoms with Crippen molar-refractivity contribution in [3.8, 4) is 0 Å². The molecule has 0 heterocycles. The fourth-order valence-corrected chi connectivity index (χ4v) is 2.04. The first-order valence-corrected chi connectivity index (χ1v) is 4.99. The van der Waals surface area contributed by atoms with Crippen molar-refractivity contribution in [1.82, 2.24) is 0 Å². The largest absolute Gasteiger partial charge is 0.288 e. The first-order valence-electron chi connectivity index (χ1n) is 4.99. The van der Waals surface area contributed by atoms with Crippen LogP contribution in [0.15, 0.2) is 48.6 Å². The Morgan fingerprint density at radius 3 is 1.69 bits per heavy atom. The maximum Gasteiger partial charge on any atom is 0.197 e. The fourth-order valence-electron chi connectivity index (χ4n) is 2.04. The molecular weight excluding hydrogens is 200 g/mol. The quantitative estimate of drug-likeness (QED) is 0.492. The zero-order chi connectivity index (χ0) is 11.3. The highest BCUT2D eigenvalue weighted by Gasteiger charge is 2.31. The monoisotopic (exact) mass is 208 g/mol. The summed E-state index contributed by atoms with van der Waals surface area (Å²) in [7, 11) is 0. The third kappa shape index (κ3) is 1.01. The van der Waals surface area contributed by atoms with Crippen LogP contribution in [0.25, 0.3) is 10.8 Å². The molecule has 0 atom stereocenters. The van der Waals surface area contributed by atoms with Crippen molar-refractivity contribution in [2.75, 3.05) is 0 Å². The lowest BCUT2D eigenvalue weighted by Crippen LogP contribution is -1.97. The topological polar surface area (TPSA) is 34.1 Å². The van der Waals surface area contributed by atoms with E-state index in [1.807, 2.05) is 24.3 Å². The van der Waals surface area contributed by atoms with E-state index in [9.17, 15) is 9.59 Å². The van der Waals surface area contributed by atoms with Crippen molar-refractivity contribution in [1.29, 1.82) is 0 Å². The minimum atomic E-state index is -0.245. The minimum absolute atomic E-state index is 0.0744. The zero-order valence-corrected chi connectivity index (χ0v) is 8.49. The summed E-state index contributed by atoms with van der Waals surface area (Å²) in [5, 5.41) is 1.94. The summed E-state index contributed by atoms with van der Waals surface area (Å²) < 4.78 is 0. The summed E-state index contributed by atoms with van der Waals surface area (Å²) in [5.41, 5.74) is 1.03. The van der Waals surface area contributed by atoms with Gasteiger partial charge in [0.1, 0.15) is 0 Å². The fraction of sp³-hybridized carbons (Fsp3) is 0. The average Bonchev–Trinajstić information content (AvgIpc) is 2.52. The van der Waals surface area contributed by atoms with Crippen molar-refractivity contribution in [2.24, 2.45) is 0 Å². The van der Waals surface area contributed by atoms with Crippen LogP contribution >= 0.6 is 0 Å². The molecule has 1 aliphatic rings. The second-order valence-corrected chi connectivity index (χ2v) is 3.88. The Morgan fingerprint density at radius 1 is 0.812 bits per heavy atom. The molecule has 0 radical (unpaired) electrons. The smallest absolute Gasteiger partial charge is 0.197 e. The van der Waals surface area contributed by atoms with Crippen molar-refractivity contribution in [3.63, 3.8) is 0 Å². The van der Waals surface area contributed by atoms with E-state index >= 15 is 0 Å². The normalized spacial score (nSPS) is 14.6. The molecule has 0 N–H and O–H groups in total. The van der Waals surface area contributed by atoms with Crippen LogP contribution in [0.2, 0.25) is 0 Å². The molecule has 3 rings (SSSR count). The van der Waals surface area contributed by atoms with Crippen molar-refractivity contribution >= 4 is 22.3 Å². The summed E-state index contributed by atoms with van der Waals surface area (Å²) in [6.07, 6.45) is 0. The summed E-state index contributed by atoms with van der Waals surface area (Å²) in [6, 6.07) is 11.2. The van der Waals surface area contributed by atoms with Gasteiger partial charge in [-0.15, -0.1) is 0 Å². The Bertz CT molecular complexity index is 609. The highest BCUT2D eigenvalue weighted by molar-refractivity contribution is 6.39. The number of fused-ring (bicyclic) bond motifs is 2. The van der Waals surface area contributed by atoms with Crippen LogP contribution in [-0.2, 0) is 0 Å². The highest BCUT2D eigenvalue weighted by Crippen LogP contribution is 2.29. The third-order valence-electron chi connectivity index (χ3n) is 2.92. The number of rotatable bonds is 0. The van der Waals surface area contributed by atoms with Crippen LogP contribution < -0.4 is 0 Å². The SMILES string of the molecule is C=C1C(=O)c2cc3ccccc3cc2C1=O. The highest BCUT2D eigenvalue weighted by atomic mass is 16.2. The molecule has 76 valence electrons. The molecule has 0 spiro atoms. The van der Waals surface area contributed by atoms with Gasteiger partial charge in [0.15, 0.2) is 11.6 Å². The van der Waals surface area contributed by atoms with Gasteiger partial charge in [0.05, 0.1) is 5.57 Å². The summed E-state index contributed by atoms with van der Waals surface area (Å²) in [4.78, 5) is 23.5. The van der Waals surface area contributed by atoms with Gasteiger partial charge in [-0.3, -0.25) is 9.59 Å². The van der Waals surface area contributed by atoms with Crippen molar-refractivity contribution in [3.05, 3.63) is 59.7 Å². The number of allylic oxidation sites excluding steroid dienone is 1. The minimum Gasteiger partial charge on any atom is -0.288 e. The van der Waals surface area contributed by atoms with Crippen LogP contribution in [0.5, 0.6) is 0 Å². The second kappa shape index (κ2) is 2.89. The van der Waals surface area contributed by atoms with E-state index in [0.29, 0.717) is 11.1 Å². The number of hydrogen-bond donors (Lipinski definition) is 0. The lowest BCUT2D eigenvalue weighted by atomic mass is 10.0. The summed E-state index contributed by atoms with van der Waals surface area (Å²) >= 11 is 0. The number of benzene rings is 2. The summed E-state index contributed by atoms with van der Waals surface area (Å²) in [6.45, 7) is 3.52. The van der Waals surface area contributed by atoms with Gasteiger partial charge < -0.3 is 0 Å². The number of hydrogen-bond acceptors (Lipinski definition) is 2. The van der Waals surface area contributed by atoms with Crippen LogP contribution in [-0.4, -0.2) is 11.6 Å². The van der Waals surface area contributed by atoms with Crippen molar-refractivity contribution < 1.29 is 9.59 Å². The van der Waals surface area contributed by atoms with Gasteiger partial charge in [-0.25, -0.2) is 0 Å². The first-order chi connectivity index (χ1) is 7.68. The molecule has 0 aliphatic heterocycles. The lowest BCUT2D eigenvalue weighted by molar-refractivity contribution is 0.0989. The van der Waals surface area contributed by atoms with E-state index in [4.69, 9.17) is 0 Å². The second-order valence-electron chi connectivity index (χ2n) is 3.88. The molecule has 2 heteroatoms. The average molecular weight is 208 g/mol. The molecule has 0 saturated heterocycles. The first kappa shape index (κ1) is 9.04. The molecular formula is C14H8O2. The molecule has 0 fully saturated rings. The molecule has 1 aliphatic carbocycles. The zero-order valence-electron chi connectivity index (χ0n) is 8.49. The molecule has 0 saturated carbocycles. The van der Waals surface area contributed by atoms with Gasteiger partial charge in [-0.2, -0.15) is 0 Å². The summed E-state index contributed by atoms with van der Waals surface area (Å²) in [5.74, 6) is -0.489. The van der Waals surface area contributed by atoms with Gasteiger partial charge in [0.2, 0.25) is 0 Å². The van der Waals surface area contributed by atoms with Crippen LogP contribution in [0.4, 0.5) is 0 Å². The number of ketones is 2. The standard InChI is InChI=1S/C14H8O2/c1-8-13(15)11-6-9-4-2-3-5-10(9)7-12(11)14(8)16/h2-7H,1H2. The van der Waals surface area contributed by atoms with E-state index in [-0.39, 0.29) is 17.1 Å². The number of Topliss-reactive ketones (excluding diaryl/α,β-unsaturated/α-hetero) is 2. The predicted molar refractivity (Wildman–Crippen MR) is 61.7 cm³/mol. The molecule has 2 aromatic rings. The number of carbonyl (C=O) groups excluding carboxylic acids is 2. The Balaban J connectivity index is 2.42. The molecule has 0 aromatic heterocycles. The molecule has 2 nitrogen and oxygen atoms in total. The maximum atomic E-state index is 11.7. The maximum absolute atomic E-state index is 11.7. The van der Waals surface area contributed by atoms with Crippen LogP contribution in [0, 0.1) is 0 Å². The van der Waals surface area contributed by atoms with Gasteiger partial charge in [0.25, 0.3) is 0 Å². The van der Waals surface area contributed by atoms with E-state index in [1.165, 1.54) is 0 Å². The molecule has 2 aromatic carbocycles.